The largest absolute Gasteiger partial charge is 0.480 e. The predicted octanol–water partition coefficient (Wildman–Crippen LogP) is 3.18. The van der Waals surface area contributed by atoms with E-state index in [-0.39, 0.29) is 5.91 Å². The molecule has 0 aliphatic heterocycles. The van der Waals surface area contributed by atoms with Crippen molar-refractivity contribution < 1.29 is 14.7 Å². The molecule has 0 unspecified atom stereocenters. The Kier molecular flexibility index (Phi) is 5.08. The second-order valence-electron chi connectivity index (χ2n) is 5.64. The zero-order chi connectivity index (χ0) is 15.5. The smallest absolute Gasteiger partial charge is 0.329 e. The highest BCUT2D eigenvalue weighted by atomic mass is 79.9. The minimum atomic E-state index is -1.11. The molecule has 1 fully saturated rings. The first kappa shape index (κ1) is 16.1. The summed E-state index contributed by atoms with van der Waals surface area (Å²) in [5, 5.41) is 12.3. The van der Waals surface area contributed by atoms with Crippen molar-refractivity contribution in [3.63, 3.8) is 0 Å². The third-order valence-electron chi connectivity index (χ3n) is 4.03. The van der Waals surface area contributed by atoms with Crippen molar-refractivity contribution >= 4 is 27.8 Å². The van der Waals surface area contributed by atoms with E-state index in [1.807, 2.05) is 17.7 Å². The summed E-state index contributed by atoms with van der Waals surface area (Å²) in [6, 6.07) is 1.74. The first-order valence-electron chi connectivity index (χ1n) is 7.40. The molecule has 1 saturated carbocycles. The molecule has 1 aliphatic rings. The van der Waals surface area contributed by atoms with Gasteiger partial charge >= 0.3 is 5.97 Å². The molecule has 21 heavy (non-hydrogen) atoms. The van der Waals surface area contributed by atoms with Gasteiger partial charge in [-0.1, -0.05) is 26.2 Å². The van der Waals surface area contributed by atoms with E-state index in [0.29, 0.717) is 18.5 Å². The number of aliphatic carboxylic acids is 1. The number of carboxylic acid groups (broad SMARTS) is 1. The van der Waals surface area contributed by atoms with Crippen LogP contribution in [0.4, 0.5) is 0 Å². The Hall–Kier alpha value is -1.30. The number of carboxylic acids is 1. The SMILES string of the molecule is CCCn1cc(Br)cc1C(=O)NC1(C(=O)O)CCCCC1. The Morgan fingerprint density at radius 3 is 2.62 bits per heavy atom. The summed E-state index contributed by atoms with van der Waals surface area (Å²) < 4.78 is 2.69. The number of rotatable bonds is 5. The van der Waals surface area contributed by atoms with Crippen LogP contribution in [0.5, 0.6) is 0 Å². The number of hydrogen-bond acceptors (Lipinski definition) is 2. The Balaban J connectivity index is 2.21. The number of carbonyl (C=O) groups excluding carboxylic acids is 1. The number of amides is 1. The van der Waals surface area contributed by atoms with Crippen molar-refractivity contribution in [2.75, 3.05) is 0 Å². The lowest BCUT2D eigenvalue weighted by Gasteiger charge is -2.34. The fourth-order valence-electron chi connectivity index (χ4n) is 2.92. The first-order chi connectivity index (χ1) is 9.98. The van der Waals surface area contributed by atoms with Crippen LogP contribution >= 0.6 is 15.9 Å². The Morgan fingerprint density at radius 1 is 1.38 bits per heavy atom. The monoisotopic (exact) mass is 356 g/mol. The molecule has 2 rings (SSSR count). The molecule has 116 valence electrons. The summed E-state index contributed by atoms with van der Waals surface area (Å²) >= 11 is 3.37. The van der Waals surface area contributed by atoms with Crippen LogP contribution in [-0.2, 0) is 11.3 Å². The molecule has 0 radical (unpaired) electrons. The van der Waals surface area contributed by atoms with E-state index in [0.717, 1.165) is 36.7 Å². The standard InChI is InChI=1S/C15H21BrN2O3/c1-2-8-18-10-11(16)9-12(18)13(19)17-15(14(20)21)6-4-3-5-7-15/h9-10H,2-8H2,1H3,(H,17,19)(H,20,21). The summed E-state index contributed by atoms with van der Waals surface area (Å²) in [5.41, 5.74) is -0.599. The van der Waals surface area contributed by atoms with Crippen molar-refractivity contribution in [3.8, 4) is 0 Å². The maximum absolute atomic E-state index is 12.5. The number of nitrogens with one attached hydrogen (secondary N) is 1. The Morgan fingerprint density at radius 2 is 2.05 bits per heavy atom. The summed E-state index contributed by atoms with van der Waals surface area (Å²) in [6.45, 7) is 2.77. The number of aryl methyl sites for hydroxylation is 1. The molecule has 1 aromatic heterocycles. The second-order valence-corrected chi connectivity index (χ2v) is 6.55. The summed E-state index contributed by atoms with van der Waals surface area (Å²) in [5.74, 6) is -1.23. The van der Waals surface area contributed by atoms with Gasteiger partial charge in [-0.15, -0.1) is 0 Å². The van der Waals surface area contributed by atoms with Crippen molar-refractivity contribution in [2.45, 2.75) is 57.5 Å². The van der Waals surface area contributed by atoms with Gasteiger partial charge in [-0.05, 0) is 41.3 Å². The normalized spacial score (nSPS) is 17.4. The molecule has 0 atom stereocenters. The fraction of sp³-hybridized carbons (Fsp3) is 0.600. The number of nitrogens with zero attached hydrogens (tertiary/aromatic N) is 1. The molecule has 1 aliphatic carbocycles. The van der Waals surface area contributed by atoms with Crippen molar-refractivity contribution in [1.82, 2.24) is 9.88 Å². The van der Waals surface area contributed by atoms with Crippen molar-refractivity contribution in [2.24, 2.45) is 0 Å². The van der Waals surface area contributed by atoms with Crippen LogP contribution in [0.3, 0.4) is 0 Å². The molecule has 0 bridgehead atoms. The molecule has 1 amide bonds. The van der Waals surface area contributed by atoms with Gasteiger partial charge in [0.2, 0.25) is 0 Å². The maximum Gasteiger partial charge on any atom is 0.329 e. The third kappa shape index (κ3) is 3.48. The van der Waals surface area contributed by atoms with E-state index in [4.69, 9.17) is 0 Å². The summed E-state index contributed by atoms with van der Waals surface area (Å²) in [7, 11) is 0. The van der Waals surface area contributed by atoms with E-state index < -0.39 is 11.5 Å². The molecule has 0 aromatic carbocycles. The Bertz CT molecular complexity index is 533. The van der Waals surface area contributed by atoms with E-state index >= 15 is 0 Å². The highest BCUT2D eigenvalue weighted by molar-refractivity contribution is 9.10. The average Bonchev–Trinajstić information content (AvgIpc) is 2.81. The molecule has 1 heterocycles. The quantitative estimate of drug-likeness (QED) is 0.850. The molecule has 0 saturated heterocycles. The van der Waals surface area contributed by atoms with Gasteiger partial charge in [0.1, 0.15) is 11.2 Å². The minimum Gasteiger partial charge on any atom is -0.480 e. The maximum atomic E-state index is 12.5. The van der Waals surface area contributed by atoms with Crippen LogP contribution < -0.4 is 5.32 Å². The van der Waals surface area contributed by atoms with Crippen LogP contribution in [0.2, 0.25) is 0 Å². The average molecular weight is 357 g/mol. The van der Waals surface area contributed by atoms with Gasteiger partial charge in [-0.3, -0.25) is 4.79 Å². The zero-order valence-electron chi connectivity index (χ0n) is 12.2. The first-order valence-corrected chi connectivity index (χ1v) is 8.19. The molecular weight excluding hydrogens is 336 g/mol. The molecule has 2 N–H and O–H groups in total. The van der Waals surface area contributed by atoms with Gasteiger partial charge in [-0.2, -0.15) is 0 Å². The highest BCUT2D eigenvalue weighted by Crippen LogP contribution is 2.29. The predicted molar refractivity (Wildman–Crippen MR) is 83.3 cm³/mol. The topological polar surface area (TPSA) is 71.3 Å². The molecule has 6 heteroatoms. The number of carbonyl (C=O) groups is 2. The molecule has 5 nitrogen and oxygen atoms in total. The van der Waals surface area contributed by atoms with E-state index in [1.54, 1.807) is 6.07 Å². The lowest BCUT2D eigenvalue weighted by molar-refractivity contribution is -0.145. The van der Waals surface area contributed by atoms with Gasteiger partial charge < -0.3 is 15.0 Å². The van der Waals surface area contributed by atoms with Gasteiger partial charge in [0.25, 0.3) is 5.91 Å². The van der Waals surface area contributed by atoms with Crippen LogP contribution in [0.25, 0.3) is 0 Å². The lowest BCUT2D eigenvalue weighted by atomic mass is 9.81. The van der Waals surface area contributed by atoms with Crippen LogP contribution in [0, 0.1) is 0 Å². The third-order valence-corrected chi connectivity index (χ3v) is 4.46. The fourth-order valence-corrected chi connectivity index (χ4v) is 3.38. The number of halogens is 1. The second kappa shape index (κ2) is 6.64. The summed E-state index contributed by atoms with van der Waals surface area (Å²) in [6.07, 6.45) is 6.48. The van der Waals surface area contributed by atoms with E-state index in [1.165, 1.54) is 0 Å². The van der Waals surface area contributed by atoms with Gasteiger partial charge in [0.05, 0.1) is 0 Å². The van der Waals surface area contributed by atoms with Gasteiger partial charge in [0, 0.05) is 17.2 Å². The number of aromatic nitrogens is 1. The minimum absolute atomic E-state index is 0.307. The summed E-state index contributed by atoms with van der Waals surface area (Å²) in [4.78, 5) is 24.1. The van der Waals surface area contributed by atoms with Crippen molar-refractivity contribution in [1.29, 1.82) is 0 Å². The van der Waals surface area contributed by atoms with Crippen LogP contribution in [0.15, 0.2) is 16.7 Å². The van der Waals surface area contributed by atoms with Crippen LogP contribution in [0.1, 0.15) is 55.9 Å². The highest BCUT2D eigenvalue weighted by Gasteiger charge is 2.41. The molecule has 1 aromatic rings. The van der Waals surface area contributed by atoms with E-state index in [2.05, 4.69) is 21.2 Å². The zero-order valence-corrected chi connectivity index (χ0v) is 13.8. The lowest BCUT2D eigenvalue weighted by Crippen LogP contribution is -2.55. The molecule has 0 spiro atoms. The van der Waals surface area contributed by atoms with Crippen LogP contribution in [-0.4, -0.2) is 27.1 Å². The molecular formula is C15H21BrN2O3. The Labute approximate surface area is 132 Å². The van der Waals surface area contributed by atoms with E-state index in [9.17, 15) is 14.7 Å². The number of hydrogen-bond donors (Lipinski definition) is 2. The van der Waals surface area contributed by atoms with Gasteiger partial charge in [0.15, 0.2) is 0 Å². The van der Waals surface area contributed by atoms with Gasteiger partial charge in [-0.25, -0.2) is 4.79 Å². The van der Waals surface area contributed by atoms with Crippen molar-refractivity contribution in [3.05, 3.63) is 22.4 Å².